The van der Waals surface area contributed by atoms with Crippen molar-refractivity contribution in [2.75, 3.05) is 5.32 Å². The molecule has 0 aliphatic heterocycles. The molecule has 76 valence electrons. The molecule has 0 saturated heterocycles. The molecule has 2 aromatic rings. The highest BCUT2D eigenvalue weighted by Crippen LogP contribution is 2.05. The van der Waals surface area contributed by atoms with Gasteiger partial charge in [0.2, 0.25) is 11.9 Å². The number of nitrogens with zero attached hydrogens (tertiary/aromatic N) is 2. The van der Waals surface area contributed by atoms with E-state index < -0.39 is 11.9 Å². The predicted octanol–water partition coefficient (Wildman–Crippen LogP) is 1.20. The van der Waals surface area contributed by atoms with Crippen molar-refractivity contribution in [3.05, 3.63) is 42.2 Å². The lowest BCUT2D eigenvalue weighted by Crippen LogP contribution is -2.15. The third-order valence-electron chi connectivity index (χ3n) is 1.73. The van der Waals surface area contributed by atoms with Crippen molar-refractivity contribution in [2.24, 2.45) is 0 Å². The average Bonchev–Trinajstić information content (AvgIpc) is 2.71. The number of aromatic nitrogens is 3. The van der Waals surface area contributed by atoms with Crippen LogP contribution in [0.3, 0.4) is 0 Å². The van der Waals surface area contributed by atoms with E-state index >= 15 is 0 Å². The van der Waals surface area contributed by atoms with Crippen molar-refractivity contribution in [2.45, 2.75) is 0 Å². The highest BCUT2D eigenvalue weighted by atomic mass is 19.1. The molecule has 0 unspecified atom stereocenters. The van der Waals surface area contributed by atoms with Crippen molar-refractivity contribution in [1.29, 1.82) is 0 Å². The van der Waals surface area contributed by atoms with Gasteiger partial charge in [0.1, 0.15) is 0 Å². The molecule has 0 atom stereocenters. The van der Waals surface area contributed by atoms with Crippen LogP contribution in [-0.4, -0.2) is 20.9 Å². The number of hydrogen-bond acceptors (Lipinski definition) is 3. The molecule has 0 fully saturated rings. The van der Waals surface area contributed by atoms with Crippen molar-refractivity contribution < 1.29 is 9.18 Å². The summed E-state index contributed by atoms with van der Waals surface area (Å²) in [4.78, 5) is 21.3. The van der Waals surface area contributed by atoms with E-state index in [1.54, 1.807) is 6.20 Å². The van der Waals surface area contributed by atoms with Crippen molar-refractivity contribution in [3.63, 3.8) is 0 Å². The molecular formula is C9H7FN4O. The van der Waals surface area contributed by atoms with Gasteiger partial charge in [-0.1, -0.05) is 0 Å². The van der Waals surface area contributed by atoms with Gasteiger partial charge in [-0.15, -0.1) is 0 Å². The minimum atomic E-state index is -0.804. The number of imidazole rings is 1. The summed E-state index contributed by atoms with van der Waals surface area (Å²) >= 11 is 0. The van der Waals surface area contributed by atoms with Gasteiger partial charge >= 0.3 is 0 Å². The first-order valence-electron chi connectivity index (χ1n) is 4.18. The van der Waals surface area contributed by atoms with Crippen molar-refractivity contribution in [1.82, 2.24) is 15.0 Å². The summed E-state index contributed by atoms with van der Waals surface area (Å²) in [5.41, 5.74) is -0.117. The molecule has 0 saturated carbocycles. The van der Waals surface area contributed by atoms with Crippen LogP contribution < -0.4 is 5.32 Å². The first kappa shape index (κ1) is 9.32. The van der Waals surface area contributed by atoms with Crippen LogP contribution in [0.25, 0.3) is 0 Å². The predicted molar refractivity (Wildman–Crippen MR) is 50.7 cm³/mol. The summed E-state index contributed by atoms with van der Waals surface area (Å²) in [6, 6.07) is 2.83. The number of H-pyrrole nitrogens is 1. The topological polar surface area (TPSA) is 70.7 Å². The van der Waals surface area contributed by atoms with E-state index in [0.717, 1.165) is 0 Å². The molecule has 0 spiro atoms. The Bertz CT molecular complexity index is 469. The molecule has 1 amide bonds. The molecule has 2 rings (SSSR count). The third-order valence-corrected chi connectivity index (χ3v) is 1.73. The van der Waals surface area contributed by atoms with E-state index in [1.807, 2.05) is 0 Å². The summed E-state index contributed by atoms with van der Waals surface area (Å²) in [7, 11) is 0. The summed E-state index contributed by atoms with van der Waals surface area (Å²) in [5, 5.41) is 2.39. The maximum absolute atomic E-state index is 13.1. The Morgan fingerprint density at radius 3 is 2.93 bits per heavy atom. The fraction of sp³-hybridized carbons (Fsp3) is 0. The Balaban J connectivity index is 2.19. The first-order chi connectivity index (χ1) is 7.27. The lowest BCUT2D eigenvalue weighted by atomic mass is 10.2. The summed E-state index contributed by atoms with van der Waals surface area (Å²) in [5.74, 6) is -1.12. The highest BCUT2D eigenvalue weighted by molar-refractivity contribution is 6.03. The van der Waals surface area contributed by atoms with Gasteiger partial charge in [-0.3, -0.25) is 10.1 Å². The second-order valence-electron chi connectivity index (χ2n) is 2.73. The fourth-order valence-corrected chi connectivity index (χ4v) is 1.06. The van der Waals surface area contributed by atoms with E-state index in [4.69, 9.17) is 0 Å². The van der Waals surface area contributed by atoms with Crippen molar-refractivity contribution >= 4 is 11.9 Å². The zero-order valence-corrected chi connectivity index (χ0v) is 7.57. The maximum Gasteiger partial charge on any atom is 0.262 e. The van der Waals surface area contributed by atoms with E-state index in [-0.39, 0.29) is 11.5 Å². The molecular weight excluding hydrogens is 199 g/mol. The van der Waals surface area contributed by atoms with Gasteiger partial charge in [-0.25, -0.2) is 9.97 Å². The van der Waals surface area contributed by atoms with Gasteiger partial charge in [-0.05, 0) is 12.1 Å². The Labute approximate surface area is 84.4 Å². The molecule has 2 heterocycles. The van der Waals surface area contributed by atoms with E-state index in [9.17, 15) is 9.18 Å². The van der Waals surface area contributed by atoms with Gasteiger partial charge in [0.25, 0.3) is 5.91 Å². The zero-order chi connectivity index (χ0) is 10.7. The van der Waals surface area contributed by atoms with Crippen LogP contribution in [0.5, 0.6) is 0 Å². The number of amides is 1. The lowest BCUT2D eigenvalue weighted by Gasteiger charge is -2.01. The number of carbonyl (C=O) groups is 1. The molecule has 0 radical (unpaired) electrons. The van der Waals surface area contributed by atoms with Gasteiger partial charge < -0.3 is 4.98 Å². The van der Waals surface area contributed by atoms with Gasteiger partial charge in [0, 0.05) is 18.6 Å². The van der Waals surface area contributed by atoms with Crippen LogP contribution in [-0.2, 0) is 0 Å². The number of pyridine rings is 1. The molecule has 2 N–H and O–H groups in total. The van der Waals surface area contributed by atoms with E-state index in [0.29, 0.717) is 0 Å². The molecule has 2 aromatic heterocycles. The molecule has 6 heteroatoms. The second kappa shape index (κ2) is 3.87. The molecule has 0 aliphatic carbocycles. The molecule has 0 bridgehead atoms. The second-order valence-corrected chi connectivity index (χ2v) is 2.73. The summed E-state index contributed by atoms with van der Waals surface area (Å²) < 4.78 is 13.1. The van der Waals surface area contributed by atoms with Crippen LogP contribution in [0, 0.1) is 5.95 Å². The Kier molecular flexibility index (Phi) is 2.40. The molecule has 0 aromatic carbocycles. The standard InChI is InChI=1S/C9H7FN4O/c10-7-6(2-1-3-11-7)8(15)14-9-12-4-5-13-9/h1-5H,(H2,12,13,14,15). The van der Waals surface area contributed by atoms with Crippen LogP contribution in [0.15, 0.2) is 30.7 Å². The molecule has 0 aliphatic rings. The van der Waals surface area contributed by atoms with Crippen molar-refractivity contribution in [3.8, 4) is 0 Å². The highest BCUT2D eigenvalue weighted by Gasteiger charge is 2.12. The number of halogens is 1. The van der Waals surface area contributed by atoms with Gasteiger partial charge in [0.15, 0.2) is 0 Å². The lowest BCUT2D eigenvalue weighted by molar-refractivity contribution is 0.102. The third kappa shape index (κ3) is 1.98. The number of nitrogens with one attached hydrogen (secondary N) is 2. The minimum Gasteiger partial charge on any atom is -0.331 e. The number of anilines is 1. The number of rotatable bonds is 2. The fourth-order valence-electron chi connectivity index (χ4n) is 1.06. The first-order valence-corrected chi connectivity index (χ1v) is 4.18. The van der Waals surface area contributed by atoms with E-state index in [1.165, 1.54) is 24.5 Å². The minimum absolute atomic E-state index is 0.117. The van der Waals surface area contributed by atoms with Crippen LogP contribution >= 0.6 is 0 Å². The van der Waals surface area contributed by atoms with Crippen LogP contribution in [0.4, 0.5) is 10.3 Å². The Hall–Kier alpha value is -2.24. The van der Waals surface area contributed by atoms with Crippen LogP contribution in [0.2, 0.25) is 0 Å². The Morgan fingerprint density at radius 1 is 1.40 bits per heavy atom. The number of aromatic amines is 1. The smallest absolute Gasteiger partial charge is 0.262 e. The zero-order valence-electron chi connectivity index (χ0n) is 7.57. The number of hydrogen-bond donors (Lipinski definition) is 2. The largest absolute Gasteiger partial charge is 0.331 e. The Morgan fingerprint density at radius 2 is 2.27 bits per heavy atom. The van der Waals surface area contributed by atoms with E-state index in [2.05, 4.69) is 20.3 Å². The SMILES string of the molecule is O=C(Nc1ncc[nH]1)c1cccnc1F. The summed E-state index contributed by atoms with van der Waals surface area (Å²) in [6.07, 6.45) is 4.31. The number of carbonyl (C=O) groups excluding carboxylic acids is 1. The van der Waals surface area contributed by atoms with Gasteiger partial charge in [0.05, 0.1) is 5.56 Å². The molecule has 5 nitrogen and oxygen atoms in total. The quantitative estimate of drug-likeness (QED) is 0.725. The van der Waals surface area contributed by atoms with Crippen LogP contribution in [0.1, 0.15) is 10.4 Å². The maximum atomic E-state index is 13.1. The van der Waals surface area contributed by atoms with Gasteiger partial charge in [-0.2, -0.15) is 4.39 Å². The molecule has 15 heavy (non-hydrogen) atoms. The monoisotopic (exact) mass is 206 g/mol. The average molecular weight is 206 g/mol. The summed E-state index contributed by atoms with van der Waals surface area (Å²) in [6.45, 7) is 0. The normalized spacial score (nSPS) is 9.93.